The number of anilines is 1. The fourth-order valence-electron chi connectivity index (χ4n) is 4.93. The third kappa shape index (κ3) is 4.16. The number of nitrogens with zero attached hydrogens (tertiary/aromatic N) is 1. The highest BCUT2D eigenvalue weighted by atomic mass is 35.5. The zero-order valence-corrected chi connectivity index (χ0v) is 20.8. The Morgan fingerprint density at radius 3 is 2.23 bits per heavy atom. The van der Waals surface area contributed by atoms with E-state index in [0.717, 1.165) is 27.9 Å². The van der Waals surface area contributed by atoms with Crippen molar-refractivity contribution in [2.75, 3.05) is 26.1 Å². The van der Waals surface area contributed by atoms with Gasteiger partial charge in [-0.3, -0.25) is 4.79 Å². The Hall–Kier alpha value is -3.06. The van der Waals surface area contributed by atoms with Crippen molar-refractivity contribution in [3.8, 4) is 5.75 Å². The summed E-state index contributed by atoms with van der Waals surface area (Å²) < 4.78 is 12.3. The molecule has 0 spiro atoms. The van der Waals surface area contributed by atoms with E-state index in [2.05, 4.69) is 5.32 Å². The molecule has 0 radical (unpaired) electrons. The van der Waals surface area contributed by atoms with E-state index in [1.807, 2.05) is 73.6 Å². The number of carbonyl (C=O) groups is 1. The molecular weight excluding hydrogens is 464 g/mol. The number of methoxy groups -OCH3 is 1. The van der Waals surface area contributed by atoms with E-state index < -0.39 is 17.4 Å². The summed E-state index contributed by atoms with van der Waals surface area (Å²) in [5.74, 6) is 0.535. The lowest BCUT2D eigenvalue weighted by Gasteiger charge is -2.43. The molecule has 1 fully saturated rings. The third-order valence-corrected chi connectivity index (χ3v) is 7.24. The van der Waals surface area contributed by atoms with Crippen LogP contribution < -0.4 is 15.0 Å². The minimum absolute atomic E-state index is 0.147. The number of hydrogen-bond donors (Lipinski definition) is 2. The van der Waals surface area contributed by atoms with Gasteiger partial charge in [-0.25, -0.2) is 0 Å². The molecule has 1 heterocycles. The SMILES string of the molecule is COc1ccc2c(c1)CC(=O)NC2OC(c1ccc(Cl)cc1)(c1ccc(N(C)C)cc1)C1(O)CC1. The van der Waals surface area contributed by atoms with Crippen molar-refractivity contribution in [1.29, 1.82) is 0 Å². The predicted molar refractivity (Wildman–Crippen MR) is 136 cm³/mol. The Morgan fingerprint density at radius 2 is 1.66 bits per heavy atom. The van der Waals surface area contributed by atoms with Gasteiger partial charge in [0.1, 0.15) is 17.0 Å². The molecule has 0 aromatic heterocycles. The average molecular weight is 493 g/mol. The van der Waals surface area contributed by atoms with Gasteiger partial charge >= 0.3 is 0 Å². The van der Waals surface area contributed by atoms with Crippen molar-refractivity contribution >= 4 is 23.2 Å². The molecule has 182 valence electrons. The number of ether oxygens (including phenoxy) is 2. The first-order valence-corrected chi connectivity index (χ1v) is 12.0. The highest BCUT2D eigenvalue weighted by Crippen LogP contribution is 2.57. The maximum absolute atomic E-state index is 12.7. The molecule has 3 aromatic rings. The van der Waals surface area contributed by atoms with Crippen LogP contribution in [0.3, 0.4) is 0 Å². The van der Waals surface area contributed by atoms with E-state index in [0.29, 0.717) is 23.6 Å². The summed E-state index contributed by atoms with van der Waals surface area (Å²) in [5, 5.41) is 15.4. The Labute approximate surface area is 210 Å². The topological polar surface area (TPSA) is 71.0 Å². The number of rotatable bonds is 7. The maximum Gasteiger partial charge on any atom is 0.226 e. The average Bonchev–Trinajstić information content (AvgIpc) is 3.61. The van der Waals surface area contributed by atoms with E-state index in [1.165, 1.54) is 0 Å². The summed E-state index contributed by atoms with van der Waals surface area (Å²) >= 11 is 6.22. The first kappa shape index (κ1) is 23.7. The first-order chi connectivity index (χ1) is 16.8. The maximum atomic E-state index is 12.7. The first-order valence-electron chi connectivity index (χ1n) is 11.7. The molecular formula is C28H29ClN2O4. The van der Waals surface area contributed by atoms with Crippen LogP contribution in [0.1, 0.15) is 41.3 Å². The van der Waals surface area contributed by atoms with Gasteiger partial charge in [-0.1, -0.05) is 41.9 Å². The molecule has 1 aliphatic carbocycles. The van der Waals surface area contributed by atoms with Crippen LogP contribution >= 0.6 is 11.6 Å². The molecule has 7 heteroatoms. The molecule has 3 aromatic carbocycles. The smallest absolute Gasteiger partial charge is 0.226 e. The van der Waals surface area contributed by atoms with Gasteiger partial charge in [0, 0.05) is 30.4 Å². The van der Waals surface area contributed by atoms with Gasteiger partial charge in [-0.15, -0.1) is 0 Å². The van der Waals surface area contributed by atoms with E-state index in [-0.39, 0.29) is 12.3 Å². The van der Waals surface area contributed by atoms with Gasteiger partial charge < -0.3 is 24.8 Å². The summed E-state index contributed by atoms with van der Waals surface area (Å²) in [4.78, 5) is 14.7. The van der Waals surface area contributed by atoms with Crippen molar-refractivity contribution in [1.82, 2.24) is 5.32 Å². The minimum atomic E-state index is -1.23. The monoisotopic (exact) mass is 492 g/mol. The van der Waals surface area contributed by atoms with Crippen LogP contribution in [0.15, 0.2) is 66.7 Å². The zero-order valence-electron chi connectivity index (χ0n) is 20.0. The highest BCUT2D eigenvalue weighted by molar-refractivity contribution is 6.30. The molecule has 2 atom stereocenters. The van der Waals surface area contributed by atoms with E-state index in [9.17, 15) is 9.90 Å². The largest absolute Gasteiger partial charge is 0.497 e. The fraction of sp³-hybridized carbons (Fsp3) is 0.321. The molecule has 2 aliphatic rings. The Bertz CT molecular complexity index is 1240. The second kappa shape index (κ2) is 8.86. The fourth-order valence-corrected chi connectivity index (χ4v) is 5.06. The molecule has 1 saturated carbocycles. The molecule has 0 saturated heterocycles. The molecule has 2 unspecified atom stereocenters. The van der Waals surface area contributed by atoms with Gasteiger partial charge in [-0.05, 0) is 65.9 Å². The van der Waals surface area contributed by atoms with Crippen LogP contribution in [0, 0.1) is 0 Å². The number of nitrogens with one attached hydrogen (secondary N) is 1. The quantitative estimate of drug-likeness (QED) is 0.505. The van der Waals surface area contributed by atoms with Crippen LogP contribution in [0.5, 0.6) is 5.75 Å². The lowest BCUT2D eigenvalue weighted by atomic mass is 9.79. The molecule has 6 nitrogen and oxygen atoms in total. The number of carbonyl (C=O) groups excluding carboxylic acids is 1. The van der Waals surface area contributed by atoms with E-state index in [4.69, 9.17) is 21.1 Å². The van der Waals surface area contributed by atoms with Crippen LogP contribution in [0.2, 0.25) is 5.02 Å². The van der Waals surface area contributed by atoms with Gasteiger partial charge in [0.2, 0.25) is 5.91 Å². The number of benzene rings is 3. The van der Waals surface area contributed by atoms with Gasteiger partial charge in [0.25, 0.3) is 0 Å². The van der Waals surface area contributed by atoms with Crippen molar-refractivity contribution < 1.29 is 19.4 Å². The lowest BCUT2D eigenvalue weighted by molar-refractivity contribution is -0.168. The molecule has 5 rings (SSSR count). The van der Waals surface area contributed by atoms with Crippen LogP contribution in [0.4, 0.5) is 5.69 Å². The summed E-state index contributed by atoms with van der Waals surface area (Å²) in [6, 6.07) is 21.0. The third-order valence-electron chi connectivity index (χ3n) is 6.99. The number of halogens is 1. The normalized spacial score (nSPS) is 19.8. The second-order valence-corrected chi connectivity index (χ2v) is 9.90. The number of amides is 1. The number of hydrogen-bond acceptors (Lipinski definition) is 5. The van der Waals surface area contributed by atoms with Crippen LogP contribution in [-0.4, -0.2) is 37.8 Å². The number of aliphatic hydroxyl groups is 1. The van der Waals surface area contributed by atoms with Crippen molar-refractivity contribution in [3.63, 3.8) is 0 Å². The van der Waals surface area contributed by atoms with Gasteiger partial charge in [0.05, 0.1) is 13.5 Å². The Morgan fingerprint density at radius 1 is 1.03 bits per heavy atom. The summed E-state index contributed by atoms with van der Waals surface area (Å²) in [7, 11) is 5.56. The van der Waals surface area contributed by atoms with Crippen LogP contribution in [-0.2, 0) is 21.6 Å². The van der Waals surface area contributed by atoms with E-state index in [1.54, 1.807) is 19.2 Å². The van der Waals surface area contributed by atoms with Gasteiger partial charge in [0.15, 0.2) is 6.23 Å². The van der Waals surface area contributed by atoms with Crippen molar-refractivity contribution in [3.05, 3.63) is 94.0 Å². The van der Waals surface area contributed by atoms with E-state index >= 15 is 0 Å². The Balaban J connectivity index is 1.67. The molecule has 1 amide bonds. The lowest BCUT2D eigenvalue weighted by Crippen LogP contribution is -2.50. The minimum Gasteiger partial charge on any atom is -0.497 e. The summed E-state index contributed by atoms with van der Waals surface area (Å²) in [6.07, 6.45) is 0.621. The summed E-state index contributed by atoms with van der Waals surface area (Å²) in [6.45, 7) is 0. The predicted octanol–water partition coefficient (Wildman–Crippen LogP) is 4.57. The Kier molecular flexibility index (Phi) is 5.99. The van der Waals surface area contributed by atoms with Crippen molar-refractivity contribution in [2.45, 2.75) is 36.7 Å². The number of fused-ring (bicyclic) bond motifs is 1. The summed E-state index contributed by atoms with van der Waals surface area (Å²) in [5.41, 5.74) is 1.93. The molecule has 2 N–H and O–H groups in total. The molecule has 0 bridgehead atoms. The van der Waals surface area contributed by atoms with Crippen LogP contribution in [0.25, 0.3) is 0 Å². The standard InChI is InChI=1S/C28H29ClN2O4/c1-31(2)22-10-6-20(7-11-22)28(27(33)14-15-27,19-4-8-21(29)9-5-19)35-26-24-13-12-23(34-3)16-18(24)17-25(32)30-26/h4-13,16,26,33H,14-15,17H2,1-3H3,(H,30,32). The zero-order chi connectivity index (χ0) is 24.8. The highest BCUT2D eigenvalue weighted by Gasteiger charge is 2.62. The van der Waals surface area contributed by atoms with Gasteiger partial charge in [-0.2, -0.15) is 0 Å². The van der Waals surface area contributed by atoms with Crippen molar-refractivity contribution in [2.24, 2.45) is 0 Å². The second-order valence-electron chi connectivity index (χ2n) is 9.47. The molecule has 35 heavy (non-hydrogen) atoms. The molecule has 1 aliphatic heterocycles.